The number of aryl methyl sites for hydroxylation is 1. The highest BCUT2D eigenvalue weighted by Crippen LogP contribution is 2.38. The lowest BCUT2D eigenvalue weighted by molar-refractivity contribution is -0.143. The summed E-state index contributed by atoms with van der Waals surface area (Å²) in [5.41, 5.74) is 2.78. The molecular formula is C23H18N2O2S. The van der Waals surface area contributed by atoms with E-state index in [9.17, 15) is 10.1 Å². The first kappa shape index (κ1) is 18.1. The van der Waals surface area contributed by atoms with Crippen molar-refractivity contribution in [2.24, 2.45) is 0 Å². The zero-order chi connectivity index (χ0) is 19.5. The van der Waals surface area contributed by atoms with Crippen LogP contribution in [-0.2, 0) is 16.0 Å². The van der Waals surface area contributed by atoms with E-state index in [0.29, 0.717) is 25.0 Å². The van der Waals surface area contributed by atoms with Crippen molar-refractivity contribution in [3.05, 3.63) is 65.3 Å². The van der Waals surface area contributed by atoms with Crippen molar-refractivity contribution in [2.75, 3.05) is 6.61 Å². The number of fused-ring (bicyclic) bond motifs is 2. The van der Waals surface area contributed by atoms with Crippen LogP contribution in [0.1, 0.15) is 23.8 Å². The first-order valence-corrected chi connectivity index (χ1v) is 9.97. The van der Waals surface area contributed by atoms with Gasteiger partial charge in [0.15, 0.2) is 0 Å². The minimum atomic E-state index is -0.170. The Kier molecular flexibility index (Phi) is 5.05. The molecule has 28 heavy (non-hydrogen) atoms. The summed E-state index contributed by atoms with van der Waals surface area (Å²) in [6, 6.07) is 16.2. The van der Waals surface area contributed by atoms with Gasteiger partial charge in [-0.2, -0.15) is 5.26 Å². The zero-order valence-electron chi connectivity index (χ0n) is 15.4. The van der Waals surface area contributed by atoms with E-state index in [1.165, 1.54) is 0 Å². The summed E-state index contributed by atoms with van der Waals surface area (Å²) in [6.45, 7) is 2.22. The Balaban J connectivity index is 1.79. The average Bonchev–Trinajstić information content (AvgIpc) is 3.15. The molecule has 0 amide bonds. The smallest absolute Gasteiger partial charge is 0.306 e. The second-order valence-corrected chi connectivity index (χ2v) is 7.58. The van der Waals surface area contributed by atoms with E-state index in [2.05, 4.69) is 17.1 Å². The highest BCUT2D eigenvalue weighted by molar-refractivity contribution is 7.19. The van der Waals surface area contributed by atoms with E-state index in [1.54, 1.807) is 11.3 Å². The number of benzene rings is 2. The number of nitriles is 1. The quantitative estimate of drug-likeness (QED) is 0.426. The number of carbonyl (C=O) groups excluding carboxylic acids is 1. The monoisotopic (exact) mass is 386 g/mol. The maximum atomic E-state index is 11.7. The van der Waals surface area contributed by atoms with Gasteiger partial charge in [-0.15, -0.1) is 11.3 Å². The van der Waals surface area contributed by atoms with Crippen molar-refractivity contribution < 1.29 is 9.53 Å². The SMILES string of the molecule is CCOC(=O)CCc1cc2cncc(-c3ccc(C#N)c4ccccc34)c2s1. The number of hydrogen-bond acceptors (Lipinski definition) is 5. The third-order valence-electron chi connectivity index (χ3n) is 4.69. The van der Waals surface area contributed by atoms with Gasteiger partial charge in [0.05, 0.1) is 24.7 Å². The number of nitrogens with zero attached hydrogens (tertiary/aromatic N) is 2. The van der Waals surface area contributed by atoms with Crippen LogP contribution in [0.4, 0.5) is 0 Å². The number of ether oxygens (including phenoxy) is 1. The lowest BCUT2D eigenvalue weighted by atomic mass is 9.96. The summed E-state index contributed by atoms with van der Waals surface area (Å²) in [5, 5.41) is 12.5. The predicted molar refractivity (Wildman–Crippen MR) is 112 cm³/mol. The van der Waals surface area contributed by atoms with Crippen molar-refractivity contribution in [1.82, 2.24) is 4.98 Å². The summed E-state index contributed by atoms with van der Waals surface area (Å²) in [4.78, 5) is 17.2. The minimum absolute atomic E-state index is 0.170. The first-order chi connectivity index (χ1) is 13.7. The molecule has 5 heteroatoms. The number of pyridine rings is 1. The second-order valence-electron chi connectivity index (χ2n) is 6.44. The van der Waals surface area contributed by atoms with E-state index in [1.807, 2.05) is 55.7 Å². The van der Waals surface area contributed by atoms with E-state index < -0.39 is 0 Å². The summed E-state index contributed by atoms with van der Waals surface area (Å²) < 4.78 is 6.17. The van der Waals surface area contributed by atoms with E-state index in [-0.39, 0.29) is 5.97 Å². The van der Waals surface area contributed by atoms with Crippen molar-refractivity contribution in [1.29, 1.82) is 5.26 Å². The Morgan fingerprint density at radius 1 is 1.14 bits per heavy atom. The van der Waals surface area contributed by atoms with Gasteiger partial charge in [0, 0.05) is 38.3 Å². The van der Waals surface area contributed by atoms with Gasteiger partial charge >= 0.3 is 5.97 Å². The molecular weight excluding hydrogens is 368 g/mol. The molecule has 0 saturated carbocycles. The molecule has 4 nitrogen and oxygen atoms in total. The molecule has 0 bridgehead atoms. The molecule has 4 rings (SSSR count). The minimum Gasteiger partial charge on any atom is -0.466 e. The normalized spacial score (nSPS) is 10.9. The summed E-state index contributed by atoms with van der Waals surface area (Å²) >= 11 is 1.68. The Morgan fingerprint density at radius 2 is 1.96 bits per heavy atom. The molecule has 0 N–H and O–H groups in total. The van der Waals surface area contributed by atoms with Gasteiger partial charge in [0.2, 0.25) is 0 Å². The average molecular weight is 386 g/mol. The Bertz CT molecular complexity index is 1220. The highest BCUT2D eigenvalue weighted by atomic mass is 32.1. The number of aromatic nitrogens is 1. The Hall–Kier alpha value is -3.23. The molecule has 0 aliphatic carbocycles. The van der Waals surface area contributed by atoms with Crippen LogP contribution in [0.15, 0.2) is 54.9 Å². The van der Waals surface area contributed by atoms with Crippen molar-refractivity contribution in [2.45, 2.75) is 19.8 Å². The molecule has 2 aromatic carbocycles. The van der Waals surface area contributed by atoms with E-state index in [4.69, 9.17) is 4.74 Å². The summed E-state index contributed by atoms with van der Waals surface area (Å²) in [6.07, 6.45) is 4.77. The lowest BCUT2D eigenvalue weighted by Gasteiger charge is -2.09. The van der Waals surface area contributed by atoms with Crippen LogP contribution < -0.4 is 0 Å². The van der Waals surface area contributed by atoms with Gasteiger partial charge in [-0.1, -0.05) is 30.3 Å². The molecule has 0 radical (unpaired) electrons. The molecule has 2 aromatic heterocycles. The zero-order valence-corrected chi connectivity index (χ0v) is 16.3. The molecule has 0 spiro atoms. The summed E-state index contributed by atoms with van der Waals surface area (Å²) in [7, 11) is 0. The van der Waals surface area contributed by atoms with Crippen LogP contribution in [0.3, 0.4) is 0 Å². The molecule has 4 aromatic rings. The van der Waals surface area contributed by atoms with Gasteiger partial charge in [0.1, 0.15) is 0 Å². The maximum Gasteiger partial charge on any atom is 0.306 e. The Morgan fingerprint density at radius 3 is 2.75 bits per heavy atom. The fraction of sp³-hybridized carbons (Fsp3) is 0.174. The maximum absolute atomic E-state index is 11.7. The Labute approximate surface area is 167 Å². The van der Waals surface area contributed by atoms with Gasteiger partial charge in [-0.05, 0) is 36.4 Å². The van der Waals surface area contributed by atoms with E-state index in [0.717, 1.165) is 36.9 Å². The summed E-state index contributed by atoms with van der Waals surface area (Å²) in [5.74, 6) is -0.170. The standard InChI is InChI=1S/C23H18N2O2S/c1-2-27-22(26)10-8-17-11-16-13-25-14-21(23(16)28-17)20-9-7-15(12-24)18-5-3-4-6-19(18)20/h3-7,9,11,13-14H,2,8,10H2,1H3. The molecule has 2 heterocycles. The lowest BCUT2D eigenvalue weighted by Crippen LogP contribution is -2.04. The van der Waals surface area contributed by atoms with Crippen LogP contribution in [0, 0.1) is 11.3 Å². The molecule has 0 saturated heterocycles. The van der Waals surface area contributed by atoms with E-state index >= 15 is 0 Å². The van der Waals surface area contributed by atoms with Crippen LogP contribution >= 0.6 is 11.3 Å². The first-order valence-electron chi connectivity index (χ1n) is 9.15. The predicted octanol–water partition coefficient (Wildman–Crippen LogP) is 5.48. The number of rotatable bonds is 5. The third-order valence-corrected chi connectivity index (χ3v) is 5.93. The van der Waals surface area contributed by atoms with Crippen molar-refractivity contribution >= 4 is 38.2 Å². The molecule has 0 unspecified atom stereocenters. The fourth-order valence-corrected chi connectivity index (χ4v) is 4.57. The third kappa shape index (κ3) is 3.35. The van der Waals surface area contributed by atoms with Crippen molar-refractivity contribution in [3.8, 4) is 17.2 Å². The number of thiophene rings is 1. The highest BCUT2D eigenvalue weighted by Gasteiger charge is 2.14. The molecule has 138 valence electrons. The van der Waals surface area contributed by atoms with Gasteiger partial charge < -0.3 is 4.74 Å². The number of hydrogen-bond donors (Lipinski definition) is 0. The topological polar surface area (TPSA) is 63.0 Å². The molecule has 0 aliphatic rings. The van der Waals surface area contributed by atoms with Gasteiger partial charge in [0.25, 0.3) is 0 Å². The number of carbonyl (C=O) groups is 1. The molecule has 0 atom stereocenters. The second kappa shape index (κ2) is 7.79. The number of esters is 1. The van der Waals surface area contributed by atoms with Crippen molar-refractivity contribution in [3.63, 3.8) is 0 Å². The van der Waals surface area contributed by atoms with Crippen LogP contribution in [0.2, 0.25) is 0 Å². The van der Waals surface area contributed by atoms with Gasteiger partial charge in [-0.25, -0.2) is 0 Å². The van der Waals surface area contributed by atoms with Crippen LogP contribution in [0.5, 0.6) is 0 Å². The molecule has 0 fully saturated rings. The largest absolute Gasteiger partial charge is 0.466 e. The van der Waals surface area contributed by atoms with Gasteiger partial charge in [-0.3, -0.25) is 9.78 Å². The fourth-order valence-electron chi connectivity index (χ4n) is 3.42. The van der Waals surface area contributed by atoms with Crippen LogP contribution in [0.25, 0.3) is 32.0 Å². The molecule has 0 aliphatic heterocycles. The van der Waals surface area contributed by atoms with Crippen LogP contribution in [-0.4, -0.2) is 17.6 Å².